The van der Waals surface area contributed by atoms with Crippen molar-refractivity contribution in [3.8, 4) is 16.7 Å². The number of benzene rings is 1. The number of nitrogens with zero attached hydrogens (tertiary/aromatic N) is 5. The molecule has 2 N–H and O–H groups in total. The molecule has 1 atom stereocenters. The lowest BCUT2D eigenvalue weighted by Gasteiger charge is -2.26. The Bertz CT molecular complexity index is 1780. The minimum atomic E-state index is -2.46. The number of alkyl halides is 2. The summed E-state index contributed by atoms with van der Waals surface area (Å²) in [7, 11) is 0. The fourth-order valence-electron chi connectivity index (χ4n) is 5.36. The monoisotopic (exact) mass is 635 g/mol. The topological polar surface area (TPSA) is 129 Å². The highest BCUT2D eigenvalue weighted by Crippen LogP contribution is 2.31. The number of hydrogen-bond acceptors (Lipinski definition) is 8. The van der Waals surface area contributed by atoms with Crippen molar-refractivity contribution in [3.63, 3.8) is 0 Å². The van der Waals surface area contributed by atoms with E-state index in [1.807, 2.05) is 37.5 Å². The molecule has 3 aromatic heterocycles. The fraction of sp³-hybridized carbons (Fsp3) is 0.406. The molecule has 236 valence electrons. The Morgan fingerprint density at radius 1 is 1.27 bits per heavy atom. The van der Waals surface area contributed by atoms with Gasteiger partial charge in [-0.1, -0.05) is 32.9 Å². The first-order valence-corrected chi connectivity index (χ1v) is 15.5. The molecule has 10 nitrogen and oxygen atoms in total. The maximum Gasteiger partial charge on any atom is 0.268 e. The fourth-order valence-corrected chi connectivity index (χ4v) is 6.20. The molecule has 0 saturated carbocycles. The number of carbonyl (C=O) groups is 2. The van der Waals surface area contributed by atoms with Gasteiger partial charge in [-0.3, -0.25) is 14.9 Å². The summed E-state index contributed by atoms with van der Waals surface area (Å²) in [5.41, 5.74) is 1.82. The molecule has 4 heterocycles. The van der Waals surface area contributed by atoms with E-state index in [4.69, 9.17) is 9.40 Å². The second-order valence-corrected chi connectivity index (χ2v) is 13.2. The van der Waals surface area contributed by atoms with Gasteiger partial charge in [0, 0.05) is 26.6 Å². The highest BCUT2D eigenvalue weighted by Gasteiger charge is 2.33. The van der Waals surface area contributed by atoms with Crippen molar-refractivity contribution in [1.82, 2.24) is 24.8 Å². The van der Waals surface area contributed by atoms with Gasteiger partial charge in [-0.05, 0) is 48.1 Å². The summed E-state index contributed by atoms with van der Waals surface area (Å²) in [5, 5.41) is 15.4. The number of halogens is 2. The normalized spacial score (nSPS) is 15.6. The van der Waals surface area contributed by atoms with Crippen molar-refractivity contribution in [2.24, 2.45) is 5.41 Å². The SMILES string of the molecule is Cc1ncc(-c2ccc(C(=O)Nc3nc4cc(CNCC(F)F)ccc4n3CC3CCCN3C(=O)C(C#N)=CC(C)(C)C)s2)o1. The van der Waals surface area contributed by atoms with E-state index in [-0.39, 0.29) is 35.4 Å². The van der Waals surface area contributed by atoms with Crippen molar-refractivity contribution < 1.29 is 22.8 Å². The molecule has 0 radical (unpaired) electrons. The molecule has 2 amide bonds. The standard InChI is InChI=1S/C32H35F2N7O3S/c1-19-37-16-25(44-19)26-9-10-27(45-26)29(42)39-31-38-23-12-20(15-36-17-28(33)34)7-8-24(23)41(31)18-22-6-5-11-40(22)30(43)21(14-35)13-32(2,3)4/h7-10,12-13,16,22,28,36H,5-6,11,15,17-18H2,1-4H3,(H,38,39,42). The highest BCUT2D eigenvalue weighted by molar-refractivity contribution is 7.17. The third-order valence-corrected chi connectivity index (χ3v) is 8.42. The van der Waals surface area contributed by atoms with Crippen LogP contribution in [0.25, 0.3) is 21.7 Å². The number of likely N-dealkylation sites (tertiary alicyclic amines) is 1. The van der Waals surface area contributed by atoms with E-state index < -0.39 is 13.0 Å². The minimum Gasteiger partial charge on any atom is -0.440 e. The second kappa shape index (κ2) is 13.3. The van der Waals surface area contributed by atoms with E-state index in [9.17, 15) is 23.6 Å². The molecule has 5 rings (SSSR count). The largest absolute Gasteiger partial charge is 0.440 e. The highest BCUT2D eigenvalue weighted by atomic mass is 32.1. The Balaban J connectivity index is 1.45. The number of anilines is 1. The molecular weight excluding hydrogens is 600 g/mol. The van der Waals surface area contributed by atoms with Gasteiger partial charge in [-0.2, -0.15) is 5.26 Å². The number of thiophene rings is 1. The number of hydrogen-bond donors (Lipinski definition) is 2. The zero-order valence-electron chi connectivity index (χ0n) is 25.6. The zero-order valence-corrected chi connectivity index (χ0v) is 26.4. The summed E-state index contributed by atoms with van der Waals surface area (Å²) < 4.78 is 32.8. The van der Waals surface area contributed by atoms with Gasteiger partial charge in [0.1, 0.15) is 11.6 Å². The average molecular weight is 636 g/mol. The van der Waals surface area contributed by atoms with Gasteiger partial charge in [-0.25, -0.2) is 18.7 Å². The molecule has 0 bridgehead atoms. The maximum atomic E-state index is 13.5. The number of carbonyl (C=O) groups excluding carboxylic acids is 2. The summed E-state index contributed by atoms with van der Waals surface area (Å²) in [6.07, 6.45) is 2.34. The van der Waals surface area contributed by atoms with Crippen LogP contribution in [0, 0.1) is 23.7 Å². The Hall–Kier alpha value is -4.41. The Morgan fingerprint density at radius 3 is 2.76 bits per heavy atom. The van der Waals surface area contributed by atoms with Crippen molar-refractivity contribution in [1.29, 1.82) is 5.26 Å². The van der Waals surface area contributed by atoms with E-state index in [0.29, 0.717) is 47.5 Å². The molecule has 13 heteroatoms. The van der Waals surface area contributed by atoms with Crippen LogP contribution < -0.4 is 10.6 Å². The molecule has 1 aliphatic heterocycles. The molecular formula is C32H35F2N7O3S. The zero-order chi connectivity index (χ0) is 32.3. The molecule has 1 aromatic carbocycles. The van der Waals surface area contributed by atoms with Gasteiger partial charge in [0.05, 0.1) is 39.6 Å². The Kier molecular flexibility index (Phi) is 9.45. The third-order valence-electron chi connectivity index (χ3n) is 7.32. The van der Waals surface area contributed by atoms with Crippen LogP contribution in [-0.2, 0) is 17.9 Å². The predicted molar refractivity (Wildman–Crippen MR) is 168 cm³/mol. The van der Waals surface area contributed by atoms with Crippen molar-refractivity contribution in [2.75, 3.05) is 18.4 Å². The quantitative estimate of drug-likeness (QED) is 0.158. The summed E-state index contributed by atoms with van der Waals surface area (Å²) >= 11 is 1.26. The molecule has 0 spiro atoms. The summed E-state index contributed by atoms with van der Waals surface area (Å²) in [4.78, 5) is 38.7. The van der Waals surface area contributed by atoms with Gasteiger partial charge < -0.3 is 19.2 Å². The number of nitriles is 1. The third kappa shape index (κ3) is 7.64. The Labute approximate surface area is 263 Å². The van der Waals surface area contributed by atoms with Crippen LogP contribution in [-0.4, -0.2) is 56.8 Å². The van der Waals surface area contributed by atoms with Crippen LogP contribution in [0.15, 0.2) is 52.6 Å². The number of nitrogens with one attached hydrogen (secondary N) is 2. The number of imidazole rings is 1. The van der Waals surface area contributed by atoms with E-state index in [0.717, 1.165) is 22.4 Å². The number of amides is 2. The maximum absolute atomic E-state index is 13.5. The van der Waals surface area contributed by atoms with Crippen molar-refractivity contribution in [3.05, 3.63) is 64.5 Å². The summed E-state index contributed by atoms with van der Waals surface area (Å²) in [6, 6.07) is 10.8. The lowest BCUT2D eigenvalue weighted by atomic mass is 9.93. The lowest BCUT2D eigenvalue weighted by Crippen LogP contribution is -2.39. The van der Waals surface area contributed by atoms with Gasteiger partial charge in [0.15, 0.2) is 11.7 Å². The summed E-state index contributed by atoms with van der Waals surface area (Å²) in [5.74, 6) is 0.712. The van der Waals surface area contributed by atoms with E-state index in [1.165, 1.54) is 11.3 Å². The van der Waals surface area contributed by atoms with Crippen LogP contribution in [0.5, 0.6) is 0 Å². The molecule has 45 heavy (non-hydrogen) atoms. The number of fused-ring (bicyclic) bond motifs is 1. The van der Waals surface area contributed by atoms with Crippen LogP contribution in [0.4, 0.5) is 14.7 Å². The molecule has 1 saturated heterocycles. The first-order chi connectivity index (χ1) is 21.4. The molecule has 1 unspecified atom stereocenters. The van der Waals surface area contributed by atoms with E-state index in [1.54, 1.807) is 42.3 Å². The number of rotatable bonds is 10. The van der Waals surface area contributed by atoms with Gasteiger partial charge in [0.2, 0.25) is 5.95 Å². The molecule has 1 aliphatic rings. The van der Waals surface area contributed by atoms with Crippen LogP contribution in [0.1, 0.15) is 54.7 Å². The first kappa shape index (κ1) is 32.0. The molecule has 1 fully saturated rings. The smallest absolute Gasteiger partial charge is 0.268 e. The number of allylic oxidation sites excluding steroid dienone is 1. The van der Waals surface area contributed by atoms with Crippen LogP contribution in [0.2, 0.25) is 0 Å². The number of aryl methyl sites for hydroxylation is 1. The first-order valence-electron chi connectivity index (χ1n) is 14.7. The van der Waals surface area contributed by atoms with Crippen LogP contribution in [0.3, 0.4) is 0 Å². The second-order valence-electron chi connectivity index (χ2n) is 12.1. The van der Waals surface area contributed by atoms with E-state index >= 15 is 0 Å². The number of oxazole rings is 1. The van der Waals surface area contributed by atoms with Crippen molar-refractivity contribution in [2.45, 2.75) is 66.1 Å². The predicted octanol–water partition coefficient (Wildman–Crippen LogP) is 6.16. The Morgan fingerprint density at radius 2 is 2.07 bits per heavy atom. The van der Waals surface area contributed by atoms with Crippen LogP contribution >= 0.6 is 11.3 Å². The van der Waals surface area contributed by atoms with E-state index in [2.05, 4.69) is 21.7 Å². The molecule has 0 aliphatic carbocycles. The average Bonchev–Trinajstić information content (AvgIpc) is 3.78. The number of aromatic nitrogens is 3. The van der Waals surface area contributed by atoms with Gasteiger partial charge in [0.25, 0.3) is 18.2 Å². The van der Waals surface area contributed by atoms with Crippen molar-refractivity contribution >= 4 is 40.1 Å². The van der Waals surface area contributed by atoms with Gasteiger partial charge in [-0.15, -0.1) is 11.3 Å². The minimum absolute atomic E-state index is 0.106. The lowest BCUT2D eigenvalue weighted by molar-refractivity contribution is -0.127. The molecule has 4 aromatic rings. The van der Waals surface area contributed by atoms with Gasteiger partial charge >= 0.3 is 0 Å². The summed E-state index contributed by atoms with van der Waals surface area (Å²) in [6.45, 7) is 8.21.